The van der Waals surface area contributed by atoms with Crippen LogP contribution in [0.1, 0.15) is 50.5 Å². The molecular weight excluding hydrogens is 352 g/mol. The summed E-state index contributed by atoms with van der Waals surface area (Å²) in [5, 5.41) is 0.0640. The maximum atomic E-state index is 6.56. The van der Waals surface area contributed by atoms with Gasteiger partial charge in [0.05, 0.1) is 22.6 Å². The molecule has 118 valence electrons. The van der Waals surface area contributed by atoms with Gasteiger partial charge in [-0.25, -0.2) is 0 Å². The molecule has 1 fully saturated rings. The summed E-state index contributed by atoms with van der Waals surface area (Å²) in [7, 11) is 0. The van der Waals surface area contributed by atoms with E-state index < -0.39 is 0 Å². The van der Waals surface area contributed by atoms with E-state index in [1.54, 1.807) is 0 Å². The molecule has 0 N–H and O–H groups in total. The summed E-state index contributed by atoms with van der Waals surface area (Å²) < 4.78 is 12.3. The Morgan fingerprint density at radius 1 is 1.33 bits per heavy atom. The first-order chi connectivity index (χ1) is 10.1. The monoisotopic (exact) mass is 374 g/mol. The van der Waals surface area contributed by atoms with Crippen LogP contribution in [0, 0.1) is 5.92 Å². The minimum absolute atomic E-state index is 0.0640. The minimum atomic E-state index is 0.0640. The Hall–Kier alpha value is -0.250. The molecule has 1 aromatic carbocycles. The van der Waals surface area contributed by atoms with E-state index in [1.807, 2.05) is 6.07 Å². The summed E-state index contributed by atoms with van der Waals surface area (Å²) in [5.74, 6) is 1.59. The molecule has 0 spiro atoms. The highest BCUT2D eigenvalue weighted by atomic mass is 79.9. The normalized spacial score (nSPS) is 22.7. The minimum Gasteiger partial charge on any atom is -0.492 e. The Bertz CT molecular complexity index is 446. The fourth-order valence-corrected chi connectivity index (χ4v) is 3.61. The average molecular weight is 376 g/mol. The molecule has 0 bridgehead atoms. The van der Waals surface area contributed by atoms with Gasteiger partial charge in [0.2, 0.25) is 0 Å². The molecule has 0 aromatic heterocycles. The van der Waals surface area contributed by atoms with Crippen molar-refractivity contribution in [2.45, 2.75) is 51.0 Å². The lowest BCUT2D eigenvalue weighted by Crippen LogP contribution is -2.31. The Balaban J connectivity index is 1.85. The van der Waals surface area contributed by atoms with Gasteiger partial charge in [-0.15, -0.1) is 11.6 Å². The molecule has 1 unspecified atom stereocenters. The van der Waals surface area contributed by atoms with E-state index in [2.05, 4.69) is 41.9 Å². The number of hydrogen-bond donors (Lipinski definition) is 0. The zero-order valence-electron chi connectivity index (χ0n) is 12.8. The van der Waals surface area contributed by atoms with Crippen molar-refractivity contribution in [3.05, 3.63) is 28.2 Å². The summed E-state index contributed by atoms with van der Waals surface area (Å²) >= 11 is 10.1. The summed E-state index contributed by atoms with van der Waals surface area (Å²) in [6, 6.07) is 6.17. The first kappa shape index (κ1) is 17.1. The van der Waals surface area contributed by atoms with Crippen LogP contribution in [0.5, 0.6) is 5.75 Å². The second kappa shape index (κ2) is 8.40. The van der Waals surface area contributed by atoms with E-state index in [0.29, 0.717) is 12.0 Å². The number of benzene rings is 1. The van der Waals surface area contributed by atoms with Gasteiger partial charge in [0.25, 0.3) is 0 Å². The van der Waals surface area contributed by atoms with Crippen molar-refractivity contribution >= 4 is 27.5 Å². The van der Waals surface area contributed by atoms with Gasteiger partial charge in [-0.1, -0.05) is 13.0 Å². The van der Waals surface area contributed by atoms with Gasteiger partial charge in [0.1, 0.15) is 5.75 Å². The lowest BCUT2D eigenvalue weighted by Gasteiger charge is -2.36. The molecule has 0 amide bonds. The maximum absolute atomic E-state index is 6.56. The molecule has 1 aliphatic carbocycles. The van der Waals surface area contributed by atoms with Crippen molar-refractivity contribution in [1.82, 2.24) is 0 Å². The van der Waals surface area contributed by atoms with Crippen molar-refractivity contribution in [2.24, 2.45) is 5.92 Å². The Kier molecular flexibility index (Phi) is 6.84. The predicted molar refractivity (Wildman–Crippen MR) is 91.3 cm³/mol. The fraction of sp³-hybridized carbons (Fsp3) is 0.647. The number of halogens is 2. The summed E-state index contributed by atoms with van der Waals surface area (Å²) in [6.07, 6.45) is 4.79. The molecule has 2 nitrogen and oxygen atoms in total. The number of ether oxygens (including phenoxy) is 2. The van der Waals surface area contributed by atoms with Gasteiger partial charge in [0, 0.05) is 6.61 Å². The third-order valence-electron chi connectivity index (χ3n) is 3.91. The molecule has 1 aliphatic rings. The highest BCUT2D eigenvalue weighted by molar-refractivity contribution is 9.10. The molecule has 0 radical (unpaired) electrons. The first-order valence-corrected chi connectivity index (χ1v) is 9.04. The van der Waals surface area contributed by atoms with Gasteiger partial charge in [0.15, 0.2) is 0 Å². The molecule has 0 saturated heterocycles. The largest absolute Gasteiger partial charge is 0.492 e. The van der Waals surface area contributed by atoms with E-state index >= 15 is 0 Å². The quantitative estimate of drug-likeness (QED) is 0.541. The highest BCUT2D eigenvalue weighted by Crippen LogP contribution is 2.40. The molecule has 2 rings (SSSR count). The third-order valence-corrected chi connectivity index (χ3v) is 4.96. The van der Waals surface area contributed by atoms with Crippen molar-refractivity contribution < 1.29 is 9.47 Å². The molecule has 0 heterocycles. The molecular formula is C17H24BrClO2. The molecule has 21 heavy (non-hydrogen) atoms. The number of alkyl halides is 1. The Morgan fingerprint density at radius 2 is 2.10 bits per heavy atom. The van der Waals surface area contributed by atoms with Gasteiger partial charge in [-0.3, -0.25) is 0 Å². The summed E-state index contributed by atoms with van der Waals surface area (Å²) in [6.45, 7) is 5.71. The van der Waals surface area contributed by atoms with Gasteiger partial charge in [-0.2, -0.15) is 0 Å². The second-order valence-corrected chi connectivity index (χ2v) is 7.04. The Morgan fingerprint density at radius 3 is 2.71 bits per heavy atom. The van der Waals surface area contributed by atoms with Crippen LogP contribution >= 0.6 is 27.5 Å². The lowest BCUT2D eigenvalue weighted by molar-refractivity contribution is -0.0267. The molecule has 0 aliphatic heterocycles. The van der Waals surface area contributed by atoms with Crippen molar-refractivity contribution in [1.29, 1.82) is 0 Å². The topological polar surface area (TPSA) is 18.5 Å². The lowest BCUT2D eigenvalue weighted by atomic mass is 9.78. The summed E-state index contributed by atoms with van der Waals surface area (Å²) in [4.78, 5) is 0. The van der Waals surface area contributed by atoms with Crippen LogP contribution in [0.4, 0.5) is 0 Å². The first-order valence-electron chi connectivity index (χ1n) is 7.81. The zero-order valence-corrected chi connectivity index (χ0v) is 15.1. The molecule has 1 saturated carbocycles. The Labute approximate surface area is 141 Å². The predicted octanol–water partition coefficient (Wildman–Crippen LogP) is 5.72. The summed E-state index contributed by atoms with van der Waals surface area (Å²) in [5.41, 5.74) is 1.16. The smallest absolute Gasteiger partial charge is 0.133 e. The van der Waals surface area contributed by atoms with Crippen LogP contribution in [-0.2, 0) is 4.74 Å². The van der Waals surface area contributed by atoms with E-state index in [9.17, 15) is 0 Å². The van der Waals surface area contributed by atoms with Gasteiger partial charge >= 0.3 is 0 Å². The average Bonchev–Trinajstić information content (AvgIpc) is 2.43. The SMILES string of the molecule is CCCOc1ccc(C(Cl)CC2CC(OCC)C2)cc1Br. The van der Waals surface area contributed by atoms with Crippen molar-refractivity contribution in [3.8, 4) is 5.75 Å². The van der Waals surface area contributed by atoms with Gasteiger partial charge < -0.3 is 9.47 Å². The zero-order chi connectivity index (χ0) is 15.2. The molecule has 1 atom stereocenters. The standard InChI is InChI=1S/C17H24BrClO2/c1-3-7-21-17-6-5-13(11-15(17)18)16(19)10-12-8-14(9-12)20-4-2/h5-6,11-12,14,16H,3-4,7-10H2,1-2H3. The maximum Gasteiger partial charge on any atom is 0.133 e. The van der Waals surface area contributed by atoms with E-state index in [4.69, 9.17) is 21.1 Å². The second-order valence-electron chi connectivity index (χ2n) is 5.66. The number of hydrogen-bond acceptors (Lipinski definition) is 2. The number of rotatable bonds is 8. The van der Waals surface area contributed by atoms with Crippen LogP contribution in [0.3, 0.4) is 0 Å². The van der Waals surface area contributed by atoms with Crippen LogP contribution < -0.4 is 4.74 Å². The van der Waals surface area contributed by atoms with E-state index in [0.717, 1.165) is 54.7 Å². The van der Waals surface area contributed by atoms with Crippen molar-refractivity contribution in [3.63, 3.8) is 0 Å². The highest BCUT2D eigenvalue weighted by Gasteiger charge is 2.31. The van der Waals surface area contributed by atoms with Crippen LogP contribution in [0.25, 0.3) is 0 Å². The van der Waals surface area contributed by atoms with Crippen LogP contribution in [0.2, 0.25) is 0 Å². The van der Waals surface area contributed by atoms with Crippen LogP contribution in [-0.4, -0.2) is 19.3 Å². The molecule has 1 aromatic rings. The van der Waals surface area contributed by atoms with E-state index in [-0.39, 0.29) is 5.38 Å². The fourth-order valence-electron chi connectivity index (χ4n) is 2.71. The van der Waals surface area contributed by atoms with Gasteiger partial charge in [-0.05, 0) is 72.2 Å². The molecule has 4 heteroatoms. The van der Waals surface area contributed by atoms with Crippen LogP contribution in [0.15, 0.2) is 22.7 Å². The third kappa shape index (κ3) is 4.87. The van der Waals surface area contributed by atoms with Crippen molar-refractivity contribution in [2.75, 3.05) is 13.2 Å². The van der Waals surface area contributed by atoms with E-state index in [1.165, 1.54) is 0 Å².